The van der Waals surface area contributed by atoms with Crippen LogP contribution in [0.1, 0.15) is 0 Å². The molecule has 1 aliphatic rings. The Morgan fingerprint density at radius 1 is 1.55 bits per heavy atom. The Hall–Kier alpha value is 0.150. The maximum absolute atomic E-state index is 8.94. The molecule has 66 valence electrons. The van der Waals surface area contributed by atoms with Crippen molar-refractivity contribution in [1.29, 1.82) is 0 Å². The lowest BCUT2D eigenvalue weighted by atomic mass is 10.4. The minimum Gasteiger partial charge on any atom is -0.396 e. The molecule has 4 N–H and O–H groups in total. The molecule has 0 radical (unpaired) electrons. The summed E-state index contributed by atoms with van der Waals surface area (Å²) in [7, 11) is 0. The van der Waals surface area contributed by atoms with Crippen LogP contribution in [-0.2, 0) is 4.74 Å². The normalized spacial score (nSPS) is 38.7. The molecule has 3 unspecified atom stereocenters. The van der Waals surface area contributed by atoms with Gasteiger partial charge in [-0.15, -0.1) is 0 Å². The van der Waals surface area contributed by atoms with E-state index in [1.165, 1.54) is 0 Å². The van der Waals surface area contributed by atoms with Gasteiger partial charge in [-0.05, 0) is 0 Å². The van der Waals surface area contributed by atoms with E-state index in [1.807, 2.05) is 0 Å². The molecule has 0 heterocycles. The molecule has 11 heavy (non-hydrogen) atoms. The fourth-order valence-corrected chi connectivity index (χ4v) is 1.06. The van der Waals surface area contributed by atoms with Crippen LogP contribution in [0.3, 0.4) is 0 Å². The van der Waals surface area contributed by atoms with Gasteiger partial charge in [0.05, 0.1) is 30.9 Å². The van der Waals surface area contributed by atoms with Crippen molar-refractivity contribution in [3.05, 3.63) is 0 Å². The zero-order valence-corrected chi connectivity index (χ0v) is 6.44. The molecular weight excluding hydrogens is 172 g/mol. The van der Waals surface area contributed by atoms with E-state index >= 15 is 0 Å². The molecule has 0 bridgehead atoms. The summed E-state index contributed by atoms with van der Waals surface area (Å²) in [5.41, 5.74) is -1.34. The molecule has 1 aliphatic carbocycles. The molecule has 0 saturated heterocycles. The topological polar surface area (TPSA) is 90.2 Å². The summed E-state index contributed by atoms with van der Waals surface area (Å²) in [4.78, 5) is 0. The lowest BCUT2D eigenvalue weighted by Crippen LogP contribution is -2.11. The van der Waals surface area contributed by atoms with Crippen molar-refractivity contribution < 1.29 is 24.6 Å². The van der Waals surface area contributed by atoms with Gasteiger partial charge in [-0.25, -0.2) is 0 Å². The zero-order chi connectivity index (χ0) is 8.43. The Balaban J connectivity index is 2.20. The summed E-state index contributed by atoms with van der Waals surface area (Å²) >= 11 is 0.148. The van der Waals surface area contributed by atoms with E-state index in [0.717, 1.165) is 0 Å². The van der Waals surface area contributed by atoms with Crippen LogP contribution in [0.2, 0.25) is 0 Å². The minimum atomic E-state index is -1.34. The highest BCUT2D eigenvalue weighted by atomic mass is 32.2. The number of aliphatic hydroxyl groups is 3. The van der Waals surface area contributed by atoms with Crippen LogP contribution in [0, 0.1) is 5.92 Å². The molecule has 0 aromatic carbocycles. The van der Waals surface area contributed by atoms with Crippen molar-refractivity contribution in [1.82, 2.24) is 0 Å². The quantitative estimate of drug-likeness (QED) is 0.324. The van der Waals surface area contributed by atoms with E-state index in [0.29, 0.717) is 0 Å². The molecule has 6 heteroatoms. The summed E-state index contributed by atoms with van der Waals surface area (Å²) < 4.78 is 12.9. The van der Waals surface area contributed by atoms with Gasteiger partial charge < -0.3 is 24.6 Å². The second-order valence-corrected chi connectivity index (χ2v) is 2.96. The minimum absolute atomic E-state index is 0.148. The maximum atomic E-state index is 8.94. The van der Waals surface area contributed by atoms with E-state index < -0.39 is 17.8 Å². The van der Waals surface area contributed by atoms with Crippen LogP contribution in [0.5, 0.6) is 0 Å². The highest BCUT2D eigenvalue weighted by Gasteiger charge is 2.51. The first kappa shape index (κ1) is 9.24. The average Bonchev–Trinajstić information content (AvgIpc) is 2.61. The van der Waals surface area contributed by atoms with E-state index in [-0.39, 0.29) is 24.6 Å². The van der Waals surface area contributed by atoms with Crippen LogP contribution < -0.4 is 0 Å². The van der Waals surface area contributed by atoms with Gasteiger partial charge in [-0.2, -0.15) is 0 Å². The van der Waals surface area contributed by atoms with Gasteiger partial charge in [0.15, 0.2) is 0 Å². The van der Waals surface area contributed by atoms with Crippen LogP contribution >= 0.6 is 12.0 Å². The van der Waals surface area contributed by atoms with E-state index in [1.54, 1.807) is 0 Å². The Kier molecular flexibility index (Phi) is 3.11. The third kappa shape index (κ3) is 2.05. The van der Waals surface area contributed by atoms with E-state index in [9.17, 15) is 0 Å². The van der Waals surface area contributed by atoms with Crippen LogP contribution in [0.15, 0.2) is 0 Å². The molecule has 5 nitrogen and oxygen atoms in total. The van der Waals surface area contributed by atoms with Crippen LogP contribution in [0.4, 0.5) is 0 Å². The Labute approximate surface area is 67.8 Å². The molecule has 1 rings (SSSR count). The molecule has 1 saturated carbocycles. The SMILES string of the molecule is OCC1C(O)C1O[C@H](O)SO. The highest BCUT2D eigenvalue weighted by molar-refractivity contribution is 7.94. The molecule has 0 aromatic rings. The third-order valence-corrected chi connectivity index (χ3v) is 1.92. The fraction of sp³-hybridized carbons (Fsp3) is 1.00. The Morgan fingerprint density at radius 2 is 2.18 bits per heavy atom. The van der Waals surface area contributed by atoms with Gasteiger partial charge >= 0.3 is 0 Å². The van der Waals surface area contributed by atoms with Crippen molar-refractivity contribution in [3.8, 4) is 0 Å². The molecule has 0 spiro atoms. The number of hydrogen-bond acceptors (Lipinski definition) is 6. The van der Waals surface area contributed by atoms with Gasteiger partial charge in [0.2, 0.25) is 5.62 Å². The number of ether oxygens (including phenoxy) is 1. The smallest absolute Gasteiger partial charge is 0.230 e. The van der Waals surface area contributed by atoms with Crippen molar-refractivity contribution in [3.63, 3.8) is 0 Å². The van der Waals surface area contributed by atoms with Gasteiger partial charge in [0.1, 0.15) is 0 Å². The van der Waals surface area contributed by atoms with E-state index in [2.05, 4.69) is 4.74 Å². The average molecular weight is 182 g/mol. The summed E-state index contributed by atoms with van der Waals surface area (Å²) in [5.74, 6) is -0.322. The van der Waals surface area contributed by atoms with Crippen molar-refractivity contribution in [2.45, 2.75) is 17.8 Å². The standard InChI is InChI=1S/C5H10O5S/c6-1-2-3(7)4(2)10-5(8)11-9/h2-9H,1H2/t2?,3?,4?,5-/m0/s1. The number of aliphatic hydroxyl groups excluding tert-OH is 3. The lowest BCUT2D eigenvalue weighted by molar-refractivity contribution is -0.0604. The summed E-state index contributed by atoms with van der Waals surface area (Å²) in [6, 6.07) is 0. The zero-order valence-electron chi connectivity index (χ0n) is 5.62. The first-order valence-corrected chi connectivity index (χ1v) is 3.97. The Morgan fingerprint density at radius 3 is 2.55 bits per heavy atom. The lowest BCUT2D eigenvalue weighted by Gasteiger charge is -2.05. The third-order valence-electron chi connectivity index (χ3n) is 1.63. The number of hydrogen-bond donors (Lipinski definition) is 4. The van der Waals surface area contributed by atoms with Gasteiger partial charge in [-0.1, -0.05) is 0 Å². The number of rotatable bonds is 4. The predicted molar refractivity (Wildman–Crippen MR) is 37.7 cm³/mol. The van der Waals surface area contributed by atoms with Crippen molar-refractivity contribution >= 4 is 12.0 Å². The van der Waals surface area contributed by atoms with Gasteiger partial charge in [0, 0.05) is 5.92 Å². The second kappa shape index (κ2) is 3.70. The Bertz CT molecular complexity index is 132. The summed E-state index contributed by atoms with van der Waals surface area (Å²) in [6.45, 7) is -0.172. The van der Waals surface area contributed by atoms with Crippen LogP contribution in [0.25, 0.3) is 0 Å². The first-order valence-electron chi connectivity index (χ1n) is 3.13. The maximum Gasteiger partial charge on any atom is 0.230 e. The van der Waals surface area contributed by atoms with Crippen molar-refractivity contribution in [2.75, 3.05) is 6.61 Å². The largest absolute Gasteiger partial charge is 0.396 e. The van der Waals surface area contributed by atoms with Gasteiger partial charge in [0.25, 0.3) is 0 Å². The van der Waals surface area contributed by atoms with Crippen LogP contribution in [-0.4, -0.2) is 44.3 Å². The monoisotopic (exact) mass is 182 g/mol. The van der Waals surface area contributed by atoms with E-state index in [4.69, 9.17) is 19.9 Å². The molecule has 1 fully saturated rings. The molecule has 0 aromatic heterocycles. The summed E-state index contributed by atoms with van der Waals surface area (Å²) in [5, 5.41) is 26.2. The highest BCUT2D eigenvalue weighted by Crippen LogP contribution is 2.35. The molecular formula is C5H10O5S. The summed E-state index contributed by atoms with van der Waals surface area (Å²) in [6.07, 6.45) is -1.27. The molecule has 0 aliphatic heterocycles. The van der Waals surface area contributed by atoms with Gasteiger partial charge in [-0.3, -0.25) is 0 Å². The molecule has 0 amide bonds. The van der Waals surface area contributed by atoms with Crippen molar-refractivity contribution in [2.24, 2.45) is 5.92 Å². The fourth-order valence-electron chi connectivity index (χ4n) is 0.878. The predicted octanol–water partition coefficient (Wildman–Crippen LogP) is -1.16. The first-order chi connectivity index (χ1) is 5.20. The molecule has 4 atom stereocenters. The second-order valence-electron chi connectivity index (χ2n) is 2.35.